The van der Waals surface area contributed by atoms with E-state index in [1.54, 1.807) is 0 Å². The Hall–Kier alpha value is -0.380. The van der Waals surface area contributed by atoms with Crippen molar-refractivity contribution in [3.63, 3.8) is 0 Å². The van der Waals surface area contributed by atoms with Crippen LogP contribution in [0.3, 0.4) is 0 Å². The Kier molecular flexibility index (Phi) is 8.48. The fourth-order valence-corrected chi connectivity index (χ4v) is 5.75. The average molecular weight is 363 g/mol. The summed E-state index contributed by atoms with van der Waals surface area (Å²) in [5.74, 6) is 0. The van der Waals surface area contributed by atoms with Crippen LogP contribution in [0.5, 0.6) is 0 Å². The van der Waals surface area contributed by atoms with Crippen molar-refractivity contribution in [2.24, 2.45) is 0 Å². The molecule has 150 valence electrons. The molecule has 3 saturated heterocycles. The van der Waals surface area contributed by atoms with Gasteiger partial charge in [-0.1, -0.05) is 58.1 Å². The quantitative estimate of drug-likeness (QED) is 0.384. The average Bonchev–Trinajstić information content (AvgIpc) is 3.05. The minimum atomic E-state index is 0.534. The highest BCUT2D eigenvalue weighted by Crippen LogP contribution is 2.24. The second-order valence-electron chi connectivity index (χ2n) is 9.12. The zero-order valence-electron chi connectivity index (χ0n) is 17.4. The van der Waals surface area contributed by atoms with Crippen LogP contribution < -0.4 is 15.5 Å². The molecule has 0 aromatic heterocycles. The molecule has 0 spiro atoms. The summed E-state index contributed by atoms with van der Waals surface area (Å²) in [4.78, 5) is 1.87. The highest BCUT2D eigenvalue weighted by atomic mass is 15.5. The van der Waals surface area contributed by atoms with E-state index in [2.05, 4.69) is 36.6 Å². The molecule has 0 aromatic carbocycles. The lowest BCUT2D eigenvalue weighted by molar-refractivity contribution is -0.977. The smallest absolute Gasteiger partial charge is 0.199 e. The Morgan fingerprint density at radius 3 is 2.12 bits per heavy atom. The summed E-state index contributed by atoms with van der Waals surface area (Å²) >= 11 is 0. The fraction of sp³-hybridized carbons (Fsp3) is 0.913. The SMILES string of the molecule is CCC=CCCCC1CC2CCC3CC(CCCCCCC)NC(N1)[NH+]23. The molecule has 3 rings (SSSR count). The third-order valence-electron chi connectivity index (χ3n) is 7.06. The van der Waals surface area contributed by atoms with Crippen molar-refractivity contribution in [2.45, 2.75) is 134 Å². The molecule has 0 saturated carbocycles. The maximum atomic E-state index is 4.03. The van der Waals surface area contributed by atoms with Crippen LogP contribution in [0, 0.1) is 0 Å². The largest absolute Gasteiger partial charge is 0.302 e. The molecule has 6 unspecified atom stereocenters. The van der Waals surface area contributed by atoms with Gasteiger partial charge in [0, 0.05) is 37.8 Å². The Bertz CT molecular complexity index is 422. The van der Waals surface area contributed by atoms with Crippen LogP contribution in [-0.4, -0.2) is 30.5 Å². The Morgan fingerprint density at radius 1 is 0.808 bits per heavy atom. The standard InChI is InChI=1S/C23H43N3/c1-3-5-7-9-11-13-19-17-21-15-16-22-18-20(14-12-10-8-6-4-2)25-23(24-19)26(21)22/h5,7,19-25H,3-4,6,8-18H2,1-2H3/p+1. The molecular weight excluding hydrogens is 318 g/mol. The molecule has 3 aliphatic heterocycles. The summed E-state index contributed by atoms with van der Waals surface area (Å²) < 4.78 is 0. The van der Waals surface area contributed by atoms with E-state index in [9.17, 15) is 0 Å². The monoisotopic (exact) mass is 362 g/mol. The lowest BCUT2D eigenvalue weighted by Crippen LogP contribution is -3.26. The topological polar surface area (TPSA) is 28.5 Å². The molecular formula is C23H44N3+. The fourth-order valence-electron chi connectivity index (χ4n) is 5.75. The van der Waals surface area contributed by atoms with Gasteiger partial charge in [0.15, 0.2) is 6.29 Å². The molecule has 0 radical (unpaired) electrons. The van der Waals surface area contributed by atoms with Crippen molar-refractivity contribution in [1.29, 1.82) is 0 Å². The van der Waals surface area contributed by atoms with Crippen LogP contribution in [0.25, 0.3) is 0 Å². The van der Waals surface area contributed by atoms with Gasteiger partial charge in [0.05, 0.1) is 12.1 Å². The van der Waals surface area contributed by atoms with E-state index in [-0.39, 0.29) is 0 Å². The molecule has 3 aliphatic rings. The molecule has 26 heavy (non-hydrogen) atoms. The summed E-state index contributed by atoms with van der Waals surface area (Å²) in [6.07, 6.45) is 24.6. The van der Waals surface area contributed by atoms with E-state index < -0.39 is 0 Å². The molecule has 0 bridgehead atoms. The van der Waals surface area contributed by atoms with Gasteiger partial charge >= 0.3 is 0 Å². The van der Waals surface area contributed by atoms with E-state index in [1.165, 1.54) is 89.9 Å². The minimum Gasteiger partial charge on any atom is -0.302 e. The Morgan fingerprint density at radius 2 is 1.46 bits per heavy atom. The number of hydrogen-bond acceptors (Lipinski definition) is 2. The van der Waals surface area contributed by atoms with E-state index in [1.807, 2.05) is 4.90 Å². The van der Waals surface area contributed by atoms with Gasteiger partial charge in [-0.2, -0.15) is 0 Å². The highest BCUT2D eigenvalue weighted by Gasteiger charge is 2.50. The molecule has 3 heterocycles. The van der Waals surface area contributed by atoms with Crippen LogP contribution in [0.1, 0.15) is 104 Å². The van der Waals surface area contributed by atoms with Crippen LogP contribution in [0.2, 0.25) is 0 Å². The summed E-state index contributed by atoms with van der Waals surface area (Å²) in [5, 5.41) is 8.04. The number of allylic oxidation sites excluding steroid dienone is 2. The predicted molar refractivity (Wildman–Crippen MR) is 111 cm³/mol. The van der Waals surface area contributed by atoms with Crippen molar-refractivity contribution in [2.75, 3.05) is 0 Å². The minimum absolute atomic E-state index is 0.534. The first-order valence-corrected chi connectivity index (χ1v) is 11.9. The summed E-state index contributed by atoms with van der Waals surface area (Å²) in [6, 6.07) is 3.33. The number of hydrogen-bond donors (Lipinski definition) is 3. The zero-order chi connectivity index (χ0) is 18.2. The van der Waals surface area contributed by atoms with Crippen molar-refractivity contribution in [1.82, 2.24) is 10.6 Å². The van der Waals surface area contributed by atoms with Gasteiger partial charge in [0.2, 0.25) is 0 Å². The maximum absolute atomic E-state index is 4.03. The Balaban J connectivity index is 1.44. The van der Waals surface area contributed by atoms with Gasteiger partial charge in [-0.05, 0) is 32.1 Å². The predicted octanol–water partition coefficient (Wildman–Crippen LogP) is 3.91. The number of quaternary nitrogens is 1. The molecule has 3 fully saturated rings. The summed E-state index contributed by atoms with van der Waals surface area (Å²) in [7, 11) is 0. The summed E-state index contributed by atoms with van der Waals surface area (Å²) in [6.45, 7) is 4.53. The van der Waals surface area contributed by atoms with Gasteiger partial charge in [0.1, 0.15) is 0 Å². The van der Waals surface area contributed by atoms with Crippen molar-refractivity contribution in [3.05, 3.63) is 12.2 Å². The molecule has 3 nitrogen and oxygen atoms in total. The first kappa shape index (κ1) is 20.4. The van der Waals surface area contributed by atoms with Gasteiger partial charge in [-0.3, -0.25) is 10.6 Å². The van der Waals surface area contributed by atoms with Gasteiger partial charge in [-0.25, -0.2) is 0 Å². The molecule has 0 aliphatic carbocycles. The van der Waals surface area contributed by atoms with Crippen molar-refractivity contribution >= 4 is 0 Å². The summed E-state index contributed by atoms with van der Waals surface area (Å²) in [5.41, 5.74) is 0. The van der Waals surface area contributed by atoms with E-state index in [0.29, 0.717) is 6.29 Å². The van der Waals surface area contributed by atoms with Crippen molar-refractivity contribution in [3.8, 4) is 0 Å². The second kappa shape index (κ2) is 10.8. The van der Waals surface area contributed by atoms with Crippen molar-refractivity contribution < 1.29 is 4.90 Å². The molecule has 6 atom stereocenters. The van der Waals surface area contributed by atoms with E-state index in [4.69, 9.17) is 0 Å². The Labute approximate surface area is 162 Å². The lowest BCUT2D eigenvalue weighted by atomic mass is 9.95. The van der Waals surface area contributed by atoms with Crippen LogP contribution in [0.4, 0.5) is 0 Å². The molecule has 0 aromatic rings. The van der Waals surface area contributed by atoms with Gasteiger partial charge in [0.25, 0.3) is 0 Å². The first-order valence-electron chi connectivity index (χ1n) is 11.9. The number of nitrogens with one attached hydrogen (secondary N) is 3. The molecule has 3 heteroatoms. The zero-order valence-corrected chi connectivity index (χ0v) is 17.4. The normalized spacial score (nSPS) is 36.5. The number of unbranched alkanes of at least 4 members (excludes halogenated alkanes) is 5. The second-order valence-corrected chi connectivity index (χ2v) is 9.12. The lowest BCUT2D eigenvalue weighted by Gasteiger charge is -2.47. The highest BCUT2D eigenvalue weighted by molar-refractivity contribution is 4.90. The third-order valence-corrected chi connectivity index (χ3v) is 7.06. The van der Waals surface area contributed by atoms with Gasteiger partial charge in [-0.15, -0.1) is 0 Å². The van der Waals surface area contributed by atoms with E-state index in [0.717, 1.165) is 24.2 Å². The van der Waals surface area contributed by atoms with Crippen LogP contribution >= 0.6 is 0 Å². The molecule has 0 amide bonds. The van der Waals surface area contributed by atoms with E-state index >= 15 is 0 Å². The van der Waals surface area contributed by atoms with Gasteiger partial charge < -0.3 is 4.90 Å². The third kappa shape index (κ3) is 5.56. The molecule has 3 N–H and O–H groups in total. The van der Waals surface area contributed by atoms with Crippen LogP contribution in [-0.2, 0) is 0 Å². The van der Waals surface area contributed by atoms with Crippen LogP contribution in [0.15, 0.2) is 12.2 Å². The first-order chi connectivity index (χ1) is 12.8. The number of rotatable bonds is 11. The maximum Gasteiger partial charge on any atom is 0.199 e.